The fourth-order valence-electron chi connectivity index (χ4n) is 1.56. The minimum absolute atomic E-state index is 0.339. The lowest BCUT2D eigenvalue weighted by molar-refractivity contribution is -0.141. The molecule has 16 heavy (non-hydrogen) atoms. The van der Waals surface area contributed by atoms with Crippen molar-refractivity contribution in [2.45, 2.75) is 12.6 Å². The minimum Gasteiger partial charge on any atom is -0.481 e. The molecule has 0 fully saturated rings. The van der Waals surface area contributed by atoms with Crippen molar-refractivity contribution in [3.05, 3.63) is 35.9 Å². The number of carboxylic acids is 1. The summed E-state index contributed by atoms with van der Waals surface area (Å²) >= 11 is 0. The largest absolute Gasteiger partial charge is 0.481 e. The van der Waals surface area contributed by atoms with Crippen LogP contribution in [0, 0.1) is 5.92 Å². The van der Waals surface area contributed by atoms with Gasteiger partial charge in [0.1, 0.15) is 0 Å². The molecular weight excluding hydrogens is 231 g/mol. The normalized spacial score (nSPS) is 15.4. The van der Waals surface area contributed by atoms with Crippen molar-refractivity contribution >= 4 is 13.6 Å². The number of hydrogen-bond acceptors (Lipinski definition) is 2. The van der Waals surface area contributed by atoms with E-state index in [1.54, 1.807) is 18.2 Å². The first kappa shape index (κ1) is 12.9. The van der Waals surface area contributed by atoms with Crippen LogP contribution in [0.3, 0.4) is 0 Å². The third-order valence-electron chi connectivity index (χ3n) is 2.37. The second-order valence-corrected chi connectivity index (χ2v) is 5.31. The molecule has 0 aliphatic carbocycles. The van der Waals surface area contributed by atoms with Crippen LogP contribution < -0.4 is 0 Å². The van der Waals surface area contributed by atoms with Crippen LogP contribution in [-0.4, -0.2) is 20.9 Å². The van der Waals surface area contributed by atoms with Crippen LogP contribution >= 0.6 is 7.60 Å². The Balaban J connectivity index is 3.17. The molecule has 2 atom stereocenters. The van der Waals surface area contributed by atoms with Gasteiger partial charge >= 0.3 is 13.6 Å². The average Bonchev–Trinajstić information content (AvgIpc) is 2.17. The molecule has 6 heteroatoms. The van der Waals surface area contributed by atoms with E-state index in [1.165, 1.54) is 19.1 Å². The van der Waals surface area contributed by atoms with Crippen molar-refractivity contribution in [1.82, 2.24) is 0 Å². The Morgan fingerprint density at radius 1 is 1.25 bits per heavy atom. The second kappa shape index (κ2) is 4.78. The van der Waals surface area contributed by atoms with Crippen LogP contribution in [0.15, 0.2) is 30.3 Å². The van der Waals surface area contributed by atoms with E-state index in [1.807, 2.05) is 0 Å². The van der Waals surface area contributed by atoms with E-state index in [4.69, 9.17) is 5.11 Å². The predicted molar refractivity (Wildman–Crippen MR) is 58.0 cm³/mol. The first-order valence-corrected chi connectivity index (χ1v) is 6.35. The molecule has 88 valence electrons. The Bertz CT molecular complexity index is 410. The summed E-state index contributed by atoms with van der Waals surface area (Å²) in [5, 5.41) is 8.83. The van der Waals surface area contributed by atoms with E-state index in [0.29, 0.717) is 5.56 Å². The van der Waals surface area contributed by atoms with Crippen LogP contribution in [0.25, 0.3) is 0 Å². The molecule has 1 rings (SSSR count). The molecule has 1 aromatic carbocycles. The molecule has 0 saturated heterocycles. The second-order valence-electron chi connectivity index (χ2n) is 3.57. The number of carboxylic acid groups (broad SMARTS) is 1. The molecule has 2 unspecified atom stereocenters. The van der Waals surface area contributed by atoms with E-state index < -0.39 is 25.1 Å². The van der Waals surface area contributed by atoms with Gasteiger partial charge in [-0.2, -0.15) is 0 Å². The lowest BCUT2D eigenvalue weighted by Gasteiger charge is -2.22. The molecule has 0 spiro atoms. The highest BCUT2D eigenvalue weighted by molar-refractivity contribution is 7.52. The average molecular weight is 244 g/mol. The molecule has 0 amide bonds. The van der Waals surface area contributed by atoms with Crippen molar-refractivity contribution in [1.29, 1.82) is 0 Å². The van der Waals surface area contributed by atoms with Gasteiger partial charge in [0.25, 0.3) is 0 Å². The van der Waals surface area contributed by atoms with Crippen molar-refractivity contribution in [2.75, 3.05) is 0 Å². The Kier molecular flexibility index (Phi) is 3.86. The van der Waals surface area contributed by atoms with E-state index >= 15 is 0 Å². The summed E-state index contributed by atoms with van der Waals surface area (Å²) in [6.45, 7) is 1.29. The number of aliphatic carboxylic acids is 1. The Labute approximate surface area is 92.9 Å². The number of carbonyl (C=O) groups is 1. The lowest BCUT2D eigenvalue weighted by Crippen LogP contribution is -2.19. The Hall–Kier alpha value is -1.16. The lowest BCUT2D eigenvalue weighted by atomic mass is 10.0. The van der Waals surface area contributed by atoms with Crippen LogP contribution in [0.4, 0.5) is 0 Å². The highest BCUT2D eigenvalue weighted by Crippen LogP contribution is 2.55. The summed E-state index contributed by atoms with van der Waals surface area (Å²) in [6.07, 6.45) is 0. The van der Waals surface area contributed by atoms with E-state index in [-0.39, 0.29) is 0 Å². The summed E-state index contributed by atoms with van der Waals surface area (Å²) in [4.78, 5) is 29.2. The minimum atomic E-state index is -4.49. The van der Waals surface area contributed by atoms with Gasteiger partial charge in [-0.1, -0.05) is 37.3 Å². The highest BCUT2D eigenvalue weighted by atomic mass is 31.2. The van der Waals surface area contributed by atoms with Crippen molar-refractivity contribution < 1.29 is 24.3 Å². The molecule has 0 heterocycles. The van der Waals surface area contributed by atoms with E-state index in [9.17, 15) is 19.1 Å². The van der Waals surface area contributed by atoms with Gasteiger partial charge in [0.2, 0.25) is 0 Å². The fraction of sp³-hybridized carbons (Fsp3) is 0.300. The maximum atomic E-state index is 11.3. The summed E-state index contributed by atoms with van der Waals surface area (Å²) in [5.41, 5.74) is -0.961. The quantitative estimate of drug-likeness (QED) is 0.699. The van der Waals surface area contributed by atoms with Crippen LogP contribution in [0.2, 0.25) is 0 Å². The van der Waals surface area contributed by atoms with Gasteiger partial charge in [0.15, 0.2) is 0 Å². The smallest absolute Gasteiger partial charge is 0.333 e. The zero-order valence-corrected chi connectivity index (χ0v) is 9.54. The maximum Gasteiger partial charge on any atom is 0.333 e. The number of benzene rings is 1. The molecule has 1 aromatic rings. The predicted octanol–water partition coefficient (Wildman–Crippen LogP) is 1.63. The van der Waals surface area contributed by atoms with Crippen LogP contribution in [-0.2, 0) is 9.36 Å². The fourth-order valence-corrected chi connectivity index (χ4v) is 2.83. The van der Waals surface area contributed by atoms with Crippen LogP contribution in [0.5, 0.6) is 0 Å². The van der Waals surface area contributed by atoms with Crippen molar-refractivity contribution in [3.63, 3.8) is 0 Å². The van der Waals surface area contributed by atoms with E-state index in [2.05, 4.69) is 0 Å². The maximum absolute atomic E-state index is 11.3. The van der Waals surface area contributed by atoms with Gasteiger partial charge in [0, 0.05) is 0 Å². The first-order valence-electron chi connectivity index (χ1n) is 4.67. The molecule has 0 bridgehead atoms. The molecular formula is C10H13O5P. The number of hydrogen-bond donors (Lipinski definition) is 3. The standard InChI is InChI=1S/C10H13O5P/c1-7(10(11)12)9(16(13,14)15)8-5-3-2-4-6-8/h2-7,9H,1H3,(H,11,12)(H2,13,14,15). The van der Waals surface area contributed by atoms with Gasteiger partial charge in [-0.25, -0.2) is 0 Å². The molecule has 0 saturated carbocycles. The number of rotatable bonds is 4. The molecule has 3 N–H and O–H groups in total. The molecule has 0 aromatic heterocycles. The Morgan fingerprint density at radius 2 is 1.75 bits per heavy atom. The molecule has 0 radical (unpaired) electrons. The third kappa shape index (κ3) is 2.92. The SMILES string of the molecule is CC(C(=O)O)C(c1ccccc1)P(=O)(O)O. The van der Waals surface area contributed by atoms with Crippen molar-refractivity contribution in [3.8, 4) is 0 Å². The van der Waals surface area contributed by atoms with Gasteiger partial charge in [-0.05, 0) is 5.56 Å². The zero-order chi connectivity index (χ0) is 12.3. The first-order chi connectivity index (χ1) is 7.34. The monoisotopic (exact) mass is 244 g/mol. The van der Waals surface area contributed by atoms with E-state index in [0.717, 1.165) is 0 Å². The summed E-state index contributed by atoms with van der Waals surface area (Å²) in [7, 11) is -4.49. The van der Waals surface area contributed by atoms with Crippen LogP contribution in [0.1, 0.15) is 18.1 Å². The van der Waals surface area contributed by atoms with Gasteiger partial charge in [0.05, 0.1) is 11.6 Å². The van der Waals surface area contributed by atoms with Gasteiger partial charge in [-0.3, -0.25) is 9.36 Å². The highest BCUT2D eigenvalue weighted by Gasteiger charge is 2.38. The van der Waals surface area contributed by atoms with Gasteiger partial charge < -0.3 is 14.9 Å². The molecule has 0 aliphatic heterocycles. The molecule has 5 nitrogen and oxygen atoms in total. The summed E-state index contributed by atoms with van der Waals surface area (Å²) < 4.78 is 11.3. The summed E-state index contributed by atoms with van der Waals surface area (Å²) in [5.74, 6) is -2.36. The topological polar surface area (TPSA) is 94.8 Å². The Morgan fingerprint density at radius 3 is 2.12 bits per heavy atom. The van der Waals surface area contributed by atoms with Crippen molar-refractivity contribution in [2.24, 2.45) is 5.92 Å². The summed E-state index contributed by atoms with van der Waals surface area (Å²) in [6, 6.07) is 7.97. The molecule has 0 aliphatic rings. The van der Waals surface area contributed by atoms with Gasteiger partial charge in [-0.15, -0.1) is 0 Å². The third-order valence-corrected chi connectivity index (χ3v) is 3.84. The zero-order valence-electron chi connectivity index (χ0n) is 8.65.